The summed E-state index contributed by atoms with van der Waals surface area (Å²) in [5, 5.41) is 20.7. The summed E-state index contributed by atoms with van der Waals surface area (Å²) in [6.45, 7) is -1.36. The van der Waals surface area contributed by atoms with Gasteiger partial charge in [0.25, 0.3) is 5.85 Å². The summed E-state index contributed by atoms with van der Waals surface area (Å²) in [5.74, 6) is -1.47. The molecule has 12 nitrogen and oxygen atoms in total. The van der Waals surface area contributed by atoms with Crippen molar-refractivity contribution in [2.24, 2.45) is 0 Å². The quantitative estimate of drug-likeness (QED) is 0.408. The van der Waals surface area contributed by atoms with Crippen LogP contribution >= 0.6 is 7.82 Å². The third-order valence-corrected chi connectivity index (χ3v) is 6.04. The van der Waals surface area contributed by atoms with Gasteiger partial charge in [-0.2, -0.15) is 4.98 Å². The number of halogens is 1. The van der Waals surface area contributed by atoms with Crippen LogP contribution < -0.4 is 15.9 Å². The molecule has 0 spiro atoms. The fourth-order valence-electron chi connectivity index (χ4n) is 3.13. The monoisotopic (exact) mass is 454 g/mol. The number of phosphoric ester groups is 1. The Kier molecular flexibility index (Phi) is 5.09. The SMILES string of the molecule is C#C[C@@]1(n2cnc(N)nc2=O)O[C@](F)(COP2(=O)OCc3ccccc3O2)[C@@H](O)[C@H]1O. The number of nitrogen functional groups attached to an aromatic ring is 1. The lowest BCUT2D eigenvalue weighted by Gasteiger charge is -2.29. The summed E-state index contributed by atoms with van der Waals surface area (Å²) in [6, 6.07) is 6.52. The van der Waals surface area contributed by atoms with Gasteiger partial charge in [0.1, 0.15) is 30.9 Å². The largest absolute Gasteiger partial charge is 0.530 e. The number of ether oxygens (including phenoxy) is 1. The van der Waals surface area contributed by atoms with Gasteiger partial charge in [0.05, 0.1) is 6.61 Å². The number of hydrogen-bond acceptors (Lipinski definition) is 11. The first kappa shape index (κ1) is 21.4. The highest BCUT2D eigenvalue weighted by molar-refractivity contribution is 7.49. The second-order valence-corrected chi connectivity index (χ2v) is 8.27. The second-order valence-electron chi connectivity index (χ2n) is 6.68. The van der Waals surface area contributed by atoms with Crippen molar-refractivity contribution in [2.75, 3.05) is 12.3 Å². The number of para-hydroxylation sites is 1. The minimum absolute atomic E-state index is 0.134. The number of fused-ring (bicyclic) bond motifs is 1. The van der Waals surface area contributed by atoms with Gasteiger partial charge in [-0.05, 0) is 12.0 Å². The Morgan fingerprint density at radius 3 is 2.87 bits per heavy atom. The summed E-state index contributed by atoms with van der Waals surface area (Å²) in [6.07, 6.45) is 1.69. The van der Waals surface area contributed by atoms with Crippen molar-refractivity contribution in [2.45, 2.75) is 30.4 Å². The number of benzene rings is 1. The highest BCUT2D eigenvalue weighted by Crippen LogP contribution is 2.55. The first-order chi connectivity index (χ1) is 14.6. The summed E-state index contributed by atoms with van der Waals surface area (Å²) in [7, 11) is -4.30. The molecule has 1 unspecified atom stereocenters. The maximum Gasteiger partial charge on any atom is 0.530 e. The highest BCUT2D eigenvalue weighted by atomic mass is 31.2. The molecule has 0 amide bonds. The maximum absolute atomic E-state index is 15.5. The molecule has 5 atom stereocenters. The van der Waals surface area contributed by atoms with E-state index < -0.39 is 49.9 Å². The lowest BCUT2D eigenvalue weighted by molar-refractivity contribution is -0.225. The van der Waals surface area contributed by atoms with Crippen LogP contribution in [0.1, 0.15) is 5.56 Å². The van der Waals surface area contributed by atoms with Gasteiger partial charge in [0, 0.05) is 5.56 Å². The van der Waals surface area contributed by atoms with Crippen molar-refractivity contribution in [3.63, 3.8) is 0 Å². The number of rotatable bonds is 4. The lowest BCUT2D eigenvalue weighted by Crippen LogP contribution is -2.50. The van der Waals surface area contributed by atoms with Gasteiger partial charge in [-0.15, -0.1) is 6.42 Å². The predicted molar refractivity (Wildman–Crippen MR) is 99.9 cm³/mol. The molecular formula is C17H16FN4O8P. The topological polar surface area (TPSA) is 168 Å². The summed E-state index contributed by atoms with van der Waals surface area (Å²) < 4.78 is 49.1. The first-order valence-corrected chi connectivity index (χ1v) is 10.2. The molecule has 1 aromatic heterocycles. The Labute approximate surface area is 174 Å². The predicted octanol–water partition coefficient (Wildman–Crippen LogP) is -0.342. The average molecular weight is 454 g/mol. The molecule has 31 heavy (non-hydrogen) atoms. The van der Waals surface area contributed by atoms with Gasteiger partial charge in [-0.25, -0.2) is 23.3 Å². The van der Waals surface area contributed by atoms with Crippen molar-refractivity contribution < 1.29 is 37.5 Å². The summed E-state index contributed by atoms with van der Waals surface area (Å²) >= 11 is 0. The molecule has 164 valence electrons. The fraction of sp³-hybridized carbons (Fsp3) is 0.353. The third kappa shape index (κ3) is 3.49. The number of aliphatic hydroxyl groups is 2. The zero-order chi connectivity index (χ0) is 22.4. The van der Waals surface area contributed by atoms with E-state index >= 15 is 4.39 Å². The van der Waals surface area contributed by atoms with Gasteiger partial charge in [-0.3, -0.25) is 9.05 Å². The molecule has 4 rings (SSSR count). The molecule has 4 N–H and O–H groups in total. The molecule has 2 aliphatic heterocycles. The number of hydrogen-bond donors (Lipinski definition) is 3. The Morgan fingerprint density at radius 2 is 2.16 bits per heavy atom. The van der Waals surface area contributed by atoms with E-state index in [2.05, 4.69) is 9.97 Å². The van der Waals surface area contributed by atoms with Gasteiger partial charge >= 0.3 is 13.5 Å². The fourth-order valence-corrected chi connectivity index (χ4v) is 4.36. The smallest absolute Gasteiger partial charge is 0.404 e. The van der Waals surface area contributed by atoms with E-state index in [0.29, 0.717) is 10.1 Å². The van der Waals surface area contributed by atoms with Gasteiger partial charge < -0.3 is 25.2 Å². The Hall–Kier alpha value is -2.85. The molecule has 2 aromatic rings. The zero-order valence-corrected chi connectivity index (χ0v) is 16.5. The molecule has 1 fully saturated rings. The van der Waals surface area contributed by atoms with Crippen LogP contribution in [0.5, 0.6) is 5.75 Å². The van der Waals surface area contributed by atoms with Crippen molar-refractivity contribution >= 4 is 13.8 Å². The van der Waals surface area contributed by atoms with Crippen LogP contribution in [-0.2, 0) is 30.7 Å². The number of terminal acetylenes is 1. The summed E-state index contributed by atoms with van der Waals surface area (Å²) in [4.78, 5) is 19.1. The van der Waals surface area contributed by atoms with Crippen LogP contribution in [0.2, 0.25) is 0 Å². The number of phosphoric acid groups is 1. The number of nitrogens with two attached hydrogens (primary N) is 1. The van der Waals surface area contributed by atoms with Crippen molar-refractivity contribution in [3.8, 4) is 18.1 Å². The third-order valence-electron chi connectivity index (χ3n) is 4.73. The van der Waals surface area contributed by atoms with Crippen LogP contribution in [0.3, 0.4) is 0 Å². The zero-order valence-electron chi connectivity index (χ0n) is 15.6. The molecule has 0 bridgehead atoms. The van der Waals surface area contributed by atoms with Gasteiger partial charge in [-0.1, -0.05) is 18.2 Å². The molecule has 1 aromatic carbocycles. The van der Waals surface area contributed by atoms with Crippen molar-refractivity contribution in [1.82, 2.24) is 14.5 Å². The van der Waals surface area contributed by atoms with Gasteiger partial charge in [0.2, 0.25) is 11.7 Å². The molecule has 0 saturated carbocycles. The maximum atomic E-state index is 15.5. The molecule has 1 saturated heterocycles. The van der Waals surface area contributed by atoms with Crippen LogP contribution in [0.25, 0.3) is 0 Å². The van der Waals surface area contributed by atoms with E-state index in [0.717, 1.165) is 6.33 Å². The van der Waals surface area contributed by atoms with E-state index in [4.69, 9.17) is 30.5 Å². The minimum Gasteiger partial charge on any atom is -0.404 e. The number of alkyl halides is 1. The summed E-state index contributed by atoms with van der Waals surface area (Å²) in [5.41, 5.74) is 2.24. The first-order valence-electron chi connectivity index (χ1n) is 8.74. The number of anilines is 1. The Balaban J connectivity index is 1.59. The minimum atomic E-state index is -4.30. The standard InChI is InChI=1S/C17H16FN4O8P/c1-2-17(22-9-20-14(19)21-15(22)25)13(24)12(23)16(18,30-17)8-28-31(26)27-7-10-5-3-4-6-11(10)29-31/h1,3-6,9,12-13,23-24H,7-8H2,(H2,19,21,25)/t12-,13+,16+,17+,31?/m0/s1. The van der Waals surface area contributed by atoms with E-state index in [-0.39, 0.29) is 12.4 Å². The van der Waals surface area contributed by atoms with Crippen molar-refractivity contribution in [1.29, 1.82) is 0 Å². The molecule has 3 heterocycles. The van der Waals surface area contributed by atoms with E-state index in [9.17, 15) is 19.6 Å². The molecule has 2 aliphatic rings. The van der Waals surface area contributed by atoms with Crippen LogP contribution in [0.4, 0.5) is 10.3 Å². The number of aromatic nitrogens is 3. The molecule has 0 aliphatic carbocycles. The van der Waals surface area contributed by atoms with Crippen LogP contribution in [0, 0.1) is 12.3 Å². The Bertz CT molecular complexity index is 1170. The van der Waals surface area contributed by atoms with Gasteiger partial charge in [0.15, 0.2) is 0 Å². The highest BCUT2D eigenvalue weighted by Gasteiger charge is 2.65. The number of nitrogens with zero attached hydrogens (tertiary/aromatic N) is 3. The molecule has 0 radical (unpaired) electrons. The van der Waals surface area contributed by atoms with E-state index in [1.807, 2.05) is 5.92 Å². The van der Waals surface area contributed by atoms with Crippen LogP contribution in [0.15, 0.2) is 35.4 Å². The van der Waals surface area contributed by atoms with Crippen LogP contribution in [-0.4, -0.2) is 49.4 Å². The average Bonchev–Trinajstić information content (AvgIpc) is 2.94. The van der Waals surface area contributed by atoms with E-state index in [1.54, 1.807) is 18.2 Å². The van der Waals surface area contributed by atoms with E-state index in [1.165, 1.54) is 6.07 Å². The normalized spacial score (nSPS) is 34.5. The lowest BCUT2D eigenvalue weighted by atomic mass is 10.0. The molecule has 14 heteroatoms. The molecular weight excluding hydrogens is 438 g/mol. The number of aliphatic hydroxyl groups excluding tert-OH is 2. The second kappa shape index (κ2) is 7.38. The van der Waals surface area contributed by atoms with Crippen molar-refractivity contribution in [3.05, 3.63) is 46.6 Å². The Morgan fingerprint density at radius 1 is 1.42 bits per heavy atom.